The van der Waals surface area contributed by atoms with Crippen LogP contribution in [0.1, 0.15) is 5.56 Å². The summed E-state index contributed by atoms with van der Waals surface area (Å²) in [5.74, 6) is 0.219. The molecular weight excluding hydrogens is 385 g/mol. The van der Waals surface area contributed by atoms with Gasteiger partial charge in [0.05, 0.1) is 23.3 Å². The van der Waals surface area contributed by atoms with Crippen molar-refractivity contribution in [3.8, 4) is 0 Å². The zero-order chi connectivity index (χ0) is 19.1. The molecule has 1 atom stereocenters. The van der Waals surface area contributed by atoms with Gasteiger partial charge in [-0.15, -0.1) is 0 Å². The number of ether oxygens (including phenoxy) is 1. The largest absolute Gasteiger partial charge is 0.380 e. The first-order chi connectivity index (χ1) is 13.1. The average molecular weight is 408 g/mol. The normalized spacial score (nSPS) is 17.9. The van der Waals surface area contributed by atoms with Gasteiger partial charge in [-0.05, 0) is 29.8 Å². The Morgan fingerprint density at radius 1 is 1.15 bits per heavy atom. The van der Waals surface area contributed by atoms with Gasteiger partial charge >= 0.3 is 6.03 Å². The molecule has 1 aliphatic rings. The van der Waals surface area contributed by atoms with E-state index in [2.05, 4.69) is 15.5 Å². The van der Waals surface area contributed by atoms with E-state index in [0.717, 1.165) is 30.9 Å². The lowest BCUT2D eigenvalue weighted by Crippen LogP contribution is -2.38. The number of nitrogens with one attached hydrogen (secondary N) is 2. The monoisotopic (exact) mass is 407 g/mol. The van der Waals surface area contributed by atoms with Crippen LogP contribution in [-0.2, 0) is 11.3 Å². The van der Waals surface area contributed by atoms with Gasteiger partial charge in [-0.25, -0.2) is 4.79 Å². The third-order valence-electron chi connectivity index (χ3n) is 4.39. The molecule has 2 N–H and O–H groups in total. The number of hydrogen-bond acceptors (Lipinski definition) is 3. The van der Waals surface area contributed by atoms with Crippen LogP contribution in [0.4, 0.5) is 10.5 Å². The first-order valence-corrected chi connectivity index (χ1v) is 9.69. The third-order valence-corrected chi connectivity index (χ3v) is 5.13. The van der Waals surface area contributed by atoms with Crippen molar-refractivity contribution in [1.82, 2.24) is 10.2 Å². The summed E-state index contributed by atoms with van der Waals surface area (Å²) in [7, 11) is 0. The Morgan fingerprint density at radius 3 is 2.74 bits per heavy atom. The number of carbonyl (C=O) groups excluding carboxylic acids is 1. The van der Waals surface area contributed by atoms with Gasteiger partial charge in [0.15, 0.2) is 0 Å². The van der Waals surface area contributed by atoms with Gasteiger partial charge in [-0.3, -0.25) is 4.90 Å². The van der Waals surface area contributed by atoms with E-state index in [1.807, 2.05) is 48.5 Å². The van der Waals surface area contributed by atoms with Crippen LogP contribution >= 0.6 is 23.2 Å². The number of benzene rings is 2. The summed E-state index contributed by atoms with van der Waals surface area (Å²) in [6.45, 7) is 4.31. The molecule has 1 unspecified atom stereocenters. The Morgan fingerprint density at radius 2 is 1.96 bits per heavy atom. The summed E-state index contributed by atoms with van der Waals surface area (Å²) in [4.78, 5) is 14.4. The highest BCUT2D eigenvalue weighted by molar-refractivity contribution is 6.42. The van der Waals surface area contributed by atoms with E-state index in [4.69, 9.17) is 27.9 Å². The van der Waals surface area contributed by atoms with E-state index < -0.39 is 0 Å². The zero-order valence-electron chi connectivity index (χ0n) is 15.0. The Kier molecular flexibility index (Phi) is 7.35. The van der Waals surface area contributed by atoms with Crippen LogP contribution in [0.2, 0.25) is 10.0 Å². The van der Waals surface area contributed by atoms with E-state index in [0.29, 0.717) is 29.8 Å². The van der Waals surface area contributed by atoms with Gasteiger partial charge < -0.3 is 15.4 Å². The average Bonchev–Trinajstić information content (AvgIpc) is 2.89. The van der Waals surface area contributed by atoms with E-state index in [1.165, 1.54) is 0 Å². The summed E-state index contributed by atoms with van der Waals surface area (Å²) in [5, 5.41) is 6.89. The highest BCUT2D eigenvalue weighted by Crippen LogP contribution is 2.23. The lowest BCUT2D eigenvalue weighted by molar-refractivity contribution is 0.122. The second-order valence-corrected chi connectivity index (χ2v) is 7.44. The van der Waals surface area contributed by atoms with Crippen LogP contribution in [0.15, 0.2) is 48.5 Å². The van der Waals surface area contributed by atoms with Gasteiger partial charge in [0.25, 0.3) is 0 Å². The molecule has 0 bridgehead atoms. The first-order valence-electron chi connectivity index (χ1n) is 8.94. The summed E-state index contributed by atoms with van der Waals surface area (Å²) >= 11 is 12.1. The lowest BCUT2D eigenvalue weighted by atomic mass is 10.1. The molecule has 2 aromatic rings. The Hall–Kier alpha value is -1.79. The molecule has 1 heterocycles. The molecule has 0 aromatic heterocycles. The van der Waals surface area contributed by atoms with Crippen molar-refractivity contribution >= 4 is 34.9 Å². The minimum Gasteiger partial charge on any atom is -0.380 e. The lowest BCUT2D eigenvalue weighted by Gasteiger charge is -2.23. The summed E-state index contributed by atoms with van der Waals surface area (Å²) < 4.78 is 5.71. The standard InChI is InChI=1S/C20H23Cl2N3O2/c21-18-7-6-15(10-19(18)22)12-25-8-9-27-14-16(13-25)11-23-20(26)24-17-4-2-1-3-5-17/h1-7,10,16H,8-9,11-14H2,(H2,23,24,26). The van der Waals surface area contributed by atoms with E-state index in [1.54, 1.807) is 0 Å². The molecular formula is C20H23Cl2N3O2. The molecule has 2 aromatic carbocycles. The van der Waals surface area contributed by atoms with Gasteiger partial charge in [0, 0.05) is 37.8 Å². The van der Waals surface area contributed by atoms with Gasteiger partial charge in [-0.2, -0.15) is 0 Å². The van der Waals surface area contributed by atoms with E-state index in [-0.39, 0.29) is 11.9 Å². The van der Waals surface area contributed by atoms with Crippen LogP contribution in [0.3, 0.4) is 0 Å². The molecule has 0 aliphatic carbocycles. The van der Waals surface area contributed by atoms with Crippen LogP contribution in [0, 0.1) is 5.92 Å². The van der Waals surface area contributed by atoms with Crippen molar-refractivity contribution in [2.75, 3.05) is 38.2 Å². The minimum atomic E-state index is -0.207. The highest BCUT2D eigenvalue weighted by Gasteiger charge is 2.19. The fourth-order valence-electron chi connectivity index (χ4n) is 3.05. The maximum atomic E-state index is 12.1. The van der Waals surface area contributed by atoms with Crippen molar-refractivity contribution < 1.29 is 9.53 Å². The molecule has 144 valence electrons. The molecule has 0 saturated carbocycles. The fourth-order valence-corrected chi connectivity index (χ4v) is 3.37. The van der Waals surface area contributed by atoms with Crippen LogP contribution < -0.4 is 10.6 Å². The number of hydrogen-bond donors (Lipinski definition) is 2. The number of rotatable bonds is 5. The zero-order valence-corrected chi connectivity index (χ0v) is 16.5. The molecule has 27 heavy (non-hydrogen) atoms. The van der Waals surface area contributed by atoms with E-state index >= 15 is 0 Å². The number of carbonyl (C=O) groups is 1. The van der Waals surface area contributed by atoms with Crippen molar-refractivity contribution in [3.63, 3.8) is 0 Å². The molecule has 5 nitrogen and oxygen atoms in total. The summed E-state index contributed by atoms with van der Waals surface area (Å²) in [5.41, 5.74) is 1.88. The van der Waals surface area contributed by atoms with Crippen molar-refractivity contribution in [3.05, 3.63) is 64.1 Å². The van der Waals surface area contributed by atoms with Crippen LogP contribution in [0.5, 0.6) is 0 Å². The summed E-state index contributed by atoms with van der Waals surface area (Å²) in [6, 6.07) is 14.9. The van der Waals surface area contributed by atoms with Crippen molar-refractivity contribution in [2.24, 2.45) is 5.92 Å². The van der Waals surface area contributed by atoms with Gasteiger partial charge in [0.1, 0.15) is 0 Å². The molecule has 1 saturated heterocycles. The molecule has 0 radical (unpaired) electrons. The molecule has 2 amide bonds. The molecule has 1 aliphatic heterocycles. The second kappa shape index (κ2) is 9.95. The fraction of sp³-hybridized carbons (Fsp3) is 0.350. The number of anilines is 1. The molecule has 0 spiro atoms. The van der Waals surface area contributed by atoms with Crippen molar-refractivity contribution in [2.45, 2.75) is 6.54 Å². The number of nitrogens with zero attached hydrogens (tertiary/aromatic N) is 1. The number of para-hydroxylation sites is 1. The van der Waals surface area contributed by atoms with Crippen LogP contribution in [-0.4, -0.2) is 43.8 Å². The summed E-state index contributed by atoms with van der Waals surface area (Å²) in [6.07, 6.45) is 0. The van der Waals surface area contributed by atoms with Gasteiger partial charge in [-0.1, -0.05) is 47.5 Å². The maximum absolute atomic E-state index is 12.1. The topological polar surface area (TPSA) is 53.6 Å². The smallest absolute Gasteiger partial charge is 0.319 e. The molecule has 1 fully saturated rings. The highest BCUT2D eigenvalue weighted by atomic mass is 35.5. The Labute approximate surface area is 169 Å². The predicted octanol–water partition coefficient (Wildman–Crippen LogP) is 4.26. The number of urea groups is 1. The number of halogens is 2. The Balaban J connectivity index is 1.50. The van der Waals surface area contributed by atoms with Crippen molar-refractivity contribution in [1.29, 1.82) is 0 Å². The first kappa shape index (κ1) is 20.0. The van der Waals surface area contributed by atoms with E-state index in [9.17, 15) is 4.79 Å². The SMILES string of the molecule is O=C(NCC1COCCN(Cc2ccc(Cl)c(Cl)c2)C1)Nc1ccccc1. The van der Waals surface area contributed by atoms with Crippen LogP contribution in [0.25, 0.3) is 0 Å². The molecule has 7 heteroatoms. The number of amides is 2. The maximum Gasteiger partial charge on any atom is 0.319 e. The minimum absolute atomic E-state index is 0.207. The third kappa shape index (κ3) is 6.40. The quantitative estimate of drug-likeness (QED) is 0.777. The van der Waals surface area contributed by atoms with Gasteiger partial charge in [0.2, 0.25) is 0 Å². The second-order valence-electron chi connectivity index (χ2n) is 6.63. The molecule has 3 rings (SSSR count). The predicted molar refractivity (Wildman–Crippen MR) is 110 cm³/mol. The Bertz CT molecular complexity index is 758.